The zero-order valence-corrected chi connectivity index (χ0v) is 16.0. The molecule has 0 aliphatic carbocycles. The van der Waals surface area contributed by atoms with Crippen molar-refractivity contribution in [2.45, 2.75) is 24.7 Å². The monoisotopic (exact) mass is 396 g/mol. The summed E-state index contributed by atoms with van der Waals surface area (Å²) in [6, 6.07) is 10.3. The van der Waals surface area contributed by atoms with E-state index in [1.54, 1.807) is 24.3 Å². The molecule has 4 rings (SSSR count). The molecule has 2 saturated heterocycles. The number of hydrogen-bond acceptors (Lipinski definition) is 7. The van der Waals surface area contributed by atoms with Crippen LogP contribution >= 0.6 is 0 Å². The normalized spacial score (nSPS) is 27.2. The Morgan fingerprint density at radius 1 is 1.31 bits per heavy atom. The fraction of sp³-hybridized carbons (Fsp3) is 0.450. The number of ether oxygens (including phenoxy) is 1. The van der Waals surface area contributed by atoms with Crippen molar-refractivity contribution in [1.82, 2.24) is 20.7 Å². The first-order chi connectivity index (χ1) is 14.2. The number of nitrogens with zero attached hydrogens (tertiary/aromatic N) is 4. The van der Waals surface area contributed by atoms with Gasteiger partial charge in [-0.15, -0.1) is 0 Å². The quantitative estimate of drug-likeness (QED) is 0.370. The van der Waals surface area contributed by atoms with Gasteiger partial charge < -0.3 is 14.7 Å². The Labute approximate surface area is 169 Å². The zero-order chi connectivity index (χ0) is 20.3. The van der Waals surface area contributed by atoms with E-state index in [2.05, 4.69) is 21.9 Å². The number of carbonyl (C=O) groups excluding carboxylic acids is 1. The Balaban J connectivity index is 1.51. The van der Waals surface area contributed by atoms with Crippen LogP contribution in [0.1, 0.15) is 23.2 Å². The Morgan fingerprint density at radius 3 is 2.79 bits per heavy atom. The van der Waals surface area contributed by atoms with Crippen LogP contribution in [0.15, 0.2) is 46.6 Å². The maximum absolute atomic E-state index is 12.1. The number of amides is 1. The fourth-order valence-corrected chi connectivity index (χ4v) is 4.22. The van der Waals surface area contributed by atoms with E-state index in [4.69, 9.17) is 4.74 Å². The van der Waals surface area contributed by atoms with Crippen LogP contribution in [0, 0.1) is 11.3 Å². The fourth-order valence-electron chi connectivity index (χ4n) is 4.22. The molecule has 2 fully saturated rings. The highest BCUT2D eigenvalue weighted by molar-refractivity contribution is 5.94. The highest BCUT2D eigenvalue weighted by Crippen LogP contribution is 2.45. The van der Waals surface area contributed by atoms with E-state index in [0.717, 1.165) is 18.5 Å². The summed E-state index contributed by atoms with van der Waals surface area (Å²) in [5.74, 6) is -1.70. The summed E-state index contributed by atoms with van der Waals surface area (Å²) in [5, 5.41) is 21.5. The van der Waals surface area contributed by atoms with Gasteiger partial charge in [0.05, 0.1) is 24.9 Å². The first-order valence-electron chi connectivity index (χ1n) is 9.74. The molecule has 0 saturated carbocycles. The molecule has 1 amide bonds. The molecule has 1 aromatic carbocycles. The minimum absolute atomic E-state index is 0.300. The van der Waals surface area contributed by atoms with E-state index in [1.807, 2.05) is 15.9 Å². The highest BCUT2D eigenvalue weighted by Gasteiger charge is 2.57. The molecule has 0 spiro atoms. The lowest BCUT2D eigenvalue weighted by molar-refractivity contribution is -0.214. The van der Waals surface area contributed by atoms with Gasteiger partial charge in [-0.2, -0.15) is 5.26 Å². The first-order valence-corrected chi connectivity index (χ1v) is 9.74. The molecule has 0 aromatic heterocycles. The van der Waals surface area contributed by atoms with Crippen LogP contribution in [0.3, 0.4) is 0 Å². The van der Waals surface area contributed by atoms with Crippen molar-refractivity contribution in [2.24, 2.45) is 4.99 Å². The van der Waals surface area contributed by atoms with Crippen molar-refractivity contribution in [3.63, 3.8) is 0 Å². The summed E-state index contributed by atoms with van der Waals surface area (Å²) in [7, 11) is 0. The number of nitrogens with one attached hydrogen (secondary N) is 2. The van der Waals surface area contributed by atoms with E-state index >= 15 is 0 Å². The van der Waals surface area contributed by atoms with Crippen LogP contribution < -0.4 is 10.9 Å². The van der Waals surface area contributed by atoms with Gasteiger partial charge in [0.1, 0.15) is 6.34 Å². The lowest BCUT2D eigenvalue weighted by Gasteiger charge is -2.46. The maximum Gasteiger partial charge on any atom is 0.269 e. The number of carbonyl (C=O) groups is 1. The van der Waals surface area contributed by atoms with Gasteiger partial charge in [-0.3, -0.25) is 25.5 Å². The number of benzene rings is 1. The van der Waals surface area contributed by atoms with Crippen LogP contribution in [0.5, 0.6) is 0 Å². The molecule has 1 aromatic rings. The second-order valence-electron chi connectivity index (χ2n) is 7.16. The predicted molar refractivity (Wildman–Crippen MR) is 105 cm³/mol. The van der Waals surface area contributed by atoms with Crippen LogP contribution in [0.2, 0.25) is 0 Å². The molecule has 152 valence electrons. The van der Waals surface area contributed by atoms with Gasteiger partial charge in [-0.25, -0.2) is 0 Å². The lowest BCUT2D eigenvalue weighted by atomic mass is 10.0. The summed E-state index contributed by atoms with van der Waals surface area (Å²) in [6.45, 7) is 2.84. The molecule has 0 radical (unpaired) electrons. The van der Waals surface area contributed by atoms with Crippen LogP contribution in [0.25, 0.3) is 0 Å². The number of fused-ring (bicyclic) bond motifs is 1. The van der Waals surface area contributed by atoms with Gasteiger partial charge in [-0.1, -0.05) is 18.2 Å². The lowest BCUT2D eigenvalue weighted by Crippen LogP contribution is -2.65. The first kappa shape index (κ1) is 19.4. The van der Waals surface area contributed by atoms with E-state index in [9.17, 15) is 15.2 Å². The number of hydrogen-bond donors (Lipinski definition) is 3. The third-order valence-electron chi connectivity index (χ3n) is 5.58. The molecular formula is C20H24N6O3. The van der Waals surface area contributed by atoms with Crippen molar-refractivity contribution in [3.05, 3.63) is 47.2 Å². The van der Waals surface area contributed by atoms with Gasteiger partial charge in [0.2, 0.25) is 5.85 Å². The number of aliphatic imine (C=N–C) groups is 1. The van der Waals surface area contributed by atoms with Gasteiger partial charge in [0, 0.05) is 30.9 Å². The highest BCUT2D eigenvalue weighted by atomic mass is 16.5. The molecule has 3 heterocycles. The van der Waals surface area contributed by atoms with Gasteiger partial charge in [0.15, 0.2) is 6.04 Å². The summed E-state index contributed by atoms with van der Waals surface area (Å²) in [5.41, 5.74) is 7.06. The largest absolute Gasteiger partial charge is 0.379 e. The Hall–Kier alpha value is -2.93. The number of hydrazine groups is 1. The topological polar surface area (TPSA) is 113 Å². The van der Waals surface area contributed by atoms with Gasteiger partial charge in [-0.05, 0) is 25.0 Å². The predicted octanol–water partition coefficient (Wildman–Crippen LogP) is 0.183. The smallest absolute Gasteiger partial charge is 0.269 e. The number of allylic oxidation sites excluding steroid dienone is 1. The number of rotatable bonds is 5. The molecule has 9 nitrogen and oxygen atoms in total. The number of morpholine rings is 1. The van der Waals surface area contributed by atoms with Crippen molar-refractivity contribution in [1.29, 1.82) is 5.26 Å². The van der Waals surface area contributed by atoms with Crippen LogP contribution in [0.4, 0.5) is 0 Å². The third-order valence-corrected chi connectivity index (χ3v) is 5.58. The summed E-state index contributed by atoms with van der Waals surface area (Å²) < 4.78 is 5.42. The van der Waals surface area contributed by atoms with Crippen molar-refractivity contribution < 1.29 is 14.6 Å². The molecule has 3 N–H and O–H groups in total. The molecule has 2 unspecified atom stereocenters. The molecule has 0 bridgehead atoms. The zero-order valence-electron chi connectivity index (χ0n) is 16.0. The molecule has 3 aliphatic heterocycles. The summed E-state index contributed by atoms with van der Waals surface area (Å²) in [4.78, 5) is 20.4. The SMILES string of the molecule is N#CC1=C2CCCN2C(O)(N2CCOCC2)C1N=CNNC(=O)c1ccccc1. The molecule has 2 atom stereocenters. The minimum atomic E-state index is -1.40. The molecule has 3 aliphatic rings. The average Bonchev–Trinajstić information content (AvgIpc) is 3.34. The second-order valence-corrected chi connectivity index (χ2v) is 7.16. The van der Waals surface area contributed by atoms with Gasteiger partial charge in [0.25, 0.3) is 5.91 Å². The molecular weight excluding hydrogens is 372 g/mol. The summed E-state index contributed by atoms with van der Waals surface area (Å²) in [6.07, 6.45) is 2.98. The van der Waals surface area contributed by atoms with E-state index < -0.39 is 11.9 Å². The maximum atomic E-state index is 12.1. The number of nitriles is 1. The van der Waals surface area contributed by atoms with Crippen molar-refractivity contribution in [3.8, 4) is 6.07 Å². The van der Waals surface area contributed by atoms with E-state index in [0.29, 0.717) is 44.0 Å². The Morgan fingerprint density at radius 2 is 2.07 bits per heavy atom. The average molecular weight is 396 g/mol. The summed E-state index contributed by atoms with van der Waals surface area (Å²) >= 11 is 0. The molecule has 29 heavy (non-hydrogen) atoms. The van der Waals surface area contributed by atoms with Crippen LogP contribution in [-0.2, 0) is 4.74 Å². The Kier molecular flexibility index (Phi) is 5.49. The third kappa shape index (κ3) is 3.46. The number of aliphatic hydroxyl groups is 1. The molecule has 9 heteroatoms. The Bertz CT molecular complexity index is 859. The van der Waals surface area contributed by atoms with E-state index in [-0.39, 0.29) is 5.91 Å². The standard InChI is InChI=1S/C20H24N6O3/c21-13-16-17-7-4-8-26(17)20(28,25-9-11-29-12-10-25)18(16)22-14-23-24-19(27)15-5-2-1-3-6-15/h1-3,5-6,14,18,28H,4,7-12H2,(H,22,23)(H,24,27). The van der Waals surface area contributed by atoms with E-state index in [1.165, 1.54) is 6.34 Å². The van der Waals surface area contributed by atoms with Gasteiger partial charge >= 0.3 is 0 Å². The van der Waals surface area contributed by atoms with Crippen molar-refractivity contribution in [2.75, 3.05) is 32.8 Å². The second kappa shape index (κ2) is 8.21. The van der Waals surface area contributed by atoms with Crippen molar-refractivity contribution >= 4 is 12.2 Å². The minimum Gasteiger partial charge on any atom is -0.379 e. The van der Waals surface area contributed by atoms with Crippen LogP contribution in [-0.4, -0.2) is 71.9 Å².